The number of allylic oxidation sites excluding steroid dienone is 2. The molecule has 0 spiro atoms. The number of anilines is 2. The molecule has 2 aromatic carbocycles. The van der Waals surface area contributed by atoms with Crippen LogP contribution in [0.2, 0.25) is 0 Å². The molecule has 2 heterocycles. The van der Waals surface area contributed by atoms with Crippen molar-refractivity contribution >= 4 is 23.2 Å². The van der Waals surface area contributed by atoms with Gasteiger partial charge < -0.3 is 15.4 Å². The minimum absolute atomic E-state index is 0.117. The van der Waals surface area contributed by atoms with E-state index in [1.807, 2.05) is 56.3 Å². The number of hydrogen-bond donors (Lipinski definition) is 2. The molecular formula is C26H26N4O3. The van der Waals surface area contributed by atoms with Crippen molar-refractivity contribution in [2.24, 2.45) is 0 Å². The summed E-state index contributed by atoms with van der Waals surface area (Å²) in [5.41, 5.74) is 5.97. The molecule has 1 unspecified atom stereocenters. The predicted molar refractivity (Wildman–Crippen MR) is 127 cm³/mol. The highest BCUT2D eigenvalue weighted by molar-refractivity contribution is 6.08. The summed E-state index contributed by atoms with van der Waals surface area (Å²) in [5.74, 6) is 1.22. The van der Waals surface area contributed by atoms with Crippen molar-refractivity contribution in [1.82, 2.24) is 9.78 Å². The number of nitrogens with one attached hydrogen (secondary N) is 2. The Morgan fingerprint density at radius 1 is 1.12 bits per heavy atom. The number of nitrogens with zero attached hydrogens (tertiary/aromatic N) is 2. The average molecular weight is 443 g/mol. The van der Waals surface area contributed by atoms with Gasteiger partial charge in [0, 0.05) is 23.4 Å². The highest BCUT2D eigenvalue weighted by Crippen LogP contribution is 2.41. The lowest BCUT2D eigenvalue weighted by atomic mass is 9.85. The van der Waals surface area contributed by atoms with Crippen molar-refractivity contribution < 1.29 is 14.3 Å². The summed E-state index contributed by atoms with van der Waals surface area (Å²) in [7, 11) is 1.62. The zero-order valence-electron chi connectivity index (χ0n) is 18.9. The summed E-state index contributed by atoms with van der Waals surface area (Å²) >= 11 is 0. The van der Waals surface area contributed by atoms with E-state index in [-0.39, 0.29) is 11.7 Å². The zero-order chi connectivity index (χ0) is 23.1. The number of benzene rings is 2. The van der Waals surface area contributed by atoms with Crippen molar-refractivity contribution in [1.29, 1.82) is 0 Å². The molecule has 1 aliphatic carbocycles. The third-order valence-corrected chi connectivity index (χ3v) is 6.48. The molecule has 7 heteroatoms. The van der Waals surface area contributed by atoms with Gasteiger partial charge in [-0.15, -0.1) is 0 Å². The monoisotopic (exact) mass is 442 g/mol. The standard InChI is InChI=1S/C26H26N4O3/c1-15-7-10-18(13-16(15)2)28-26(32)20-14-27-30-24(17-8-11-19(33-3)12-9-17)23-21(29-25(20)30)5-4-6-22(23)31/h7-14,24,29H,4-6H2,1-3H3,(H,28,32). The number of aromatic nitrogens is 2. The van der Waals surface area contributed by atoms with E-state index in [1.165, 1.54) is 5.56 Å². The molecular weight excluding hydrogens is 416 g/mol. The van der Waals surface area contributed by atoms with Crippen molar-refractivity contribution in [2.75, 3.05) is 17.7 Å². The molecule has 2 aliphatic rings. The molecule has 1 atom stereocenters. The summed E-state index contributed by atoms with van der Waals surface area (Å²) in [6.07, 6.45) is 3.64. The third-order valence-electron chi connectivity index (χ3n) is 6.48. The molecule has 33 heavy (non-hydrogen) atoms. The summed E-state index contributed by atoms with van der Waals surface area (Å²) in [6.45, 7) is 4.05. The van der Waals surface area contributed by atoms with E-state index < -0.39 is 6.04 Å². The van der Waals surface area contributed by atoms with Crippen LogP contribution in [-0.4, -0.2) is 28.6 Å². The zero-order valence-corrected chi connectivity index (χ0v) is 18.9. The van der Waals surface area contributed by atoms with Gasteiger partial charge in [0.05, 0.1) is 13.3 Å². The number of carbonyl (C=O) groups excluding carboxylic acids is 2. The number of ketones is 1. The van der Waals surface area contributed by atoms with E-state index in [9.17, 15) is 9.59 Å². The van der Waals surface area contributed by atoms with Gasteiger partial charge in [-0.25, -0.2) is 4.68 Å². The van der Waals surface area contributed by atoms with E-state index >= 15 is 0 Å². The molecule has 1 amide bonds. The number of rotatable bonds is 4. The molecule has 0 fully saturated rings. The second-order valence-electron chi connectivity index (χ2n) is 8.57. The van der Waals surface area contributed by atoms with Gasteiger partial charge in [-0.05, 0) is 67.6 Å². The Kier molecular flexibility index (Phi) is 5.24. The SMILES string of the molecule is COc1ccc(C2C3=C(CCCC3=O)Nc3c(C(=O)Nc4ccc(C)c(C)c4)cnn32)cc1. The Labute approximate surface area is 192 Å². The van der Waals surface area contributed by atoms with Crippen LogP contribution in [0.4, 0.5) is 11.5 Å². The number of methoxy groups -OCH3 is 1. The minimum Gasteiger partial charge on any atom is -0.497 e. The fourth-order valence-corrected chi connectivity index (χ4v) is 4.54. The molecule has 7 nitrogen and oxygen atoms in total. The molecule has 168 valence electrons. The van der Waals surface area contributed by atoms with Gasteiger partial charge in [-0.2, -0.15) is 5.10 Å². The largest absolute Gasteiger partial charge is 0.497 e. The van der Waals surface area contributed by atoms with Crippen molar-refractivity contribution in [3.63, 3.8) is 0 Å². The fourth-order valence-electron chi connectivity index (χ4n) is 4.54. The highest BCUT2D eigenvalue weighted by atomic mass is 16.5. The van der Waals surface area contributed by atoms with Crippen LogP contribution >= 0.6 is 0 Å². The smallest absolute Gasteiger partial charge is 0.261 e. The maximum atomic E-state index is 13.2. The van der Waals surface area contributed by atoms with E-state index in [2.05, 4.69) is 15.7 Å². The van der Waals surface area contributed by atoms with E-state index in [1.54, 1.807) is 18.0 Å². The van der Waals surface area contributed by atoms with E-state index in [0.29, 0.717) is 17.8 Å². The molecule has 0 bridgehead atoms. The summed E-state index contributed by atoms with van der Waals surface area (Å²) < 4.78 is 7.04. The maximum Gasteiger partial charge on any atom is 0.261 e. The van der Waals surface area contributed by atoms with Crippen LogP contribution in [0.1, 0.15) is 52.4 Å². The number of ether oxygens (including phenoxy) is 1. The lowest BCUT2D eigenvalue weighted by Gasteiger charge is -2.33. The fraction of sp³-hybridized carbons (Fsp3) is 0.269. The van der Waals surface area contributed by atoms with Crippen molar-refractivity contribution in [2.45, 2.75) is 39.2 Å². The number of carbonyl (C=O) groups is 2. The summed E-state index contributed by atoms with van der Waals surface area (Å²) in [6, 6.07) is 13.1. The second-order valence-corrected chi connectivity index (χ2v) is 8.57. The number of hydrogen-bond acceptors (Lipinski definition) is 5. The first-order valence-corrected chi connectivity index (χ1v) is 11.1. The van der Waals surface area contributed by atoms with Gasteiger partial charge in [-0.1, -0.05) is 18.2 Å². The van der Waals surface area contributed by atoms with Crippen molar-refractivity contribution in [3.05, 3.63) is 82.2 Å². The first-order valence-electron chi connectivity index (χ1n) is 11.1. The number of amides is 1. The molecule has 1 aromatic heterocycles. The predicted octanol–water partition coefficient (Wildman–Crippen LogP) is 4.78. The third kappa shape index (κ3) is 3.69. The maximum absolute atomic E-state index is 13.2. The van der Waals surface area contributed by atoms with Gasteiger partial charge >= 0.3 is 0 Å². The molecule has 5 rings (SSSR count). The Balaban J connectivity index is 1.55. The Hall–Kier alpha value is -3.87. The lowest BCUT2D eigenvalue weighted by Crippen LogP contribution is -2.32. The molecule has 0 saturated heterocycles. The van der Waals surface area contributed by atoms with Crippen LogP contribution in [0.5, 0.6) is 5.75 Å². The summed E-state index contributed by atoms with van der Waals surface area (Å²) in [4.78, 5) is 26.1. The topological polar surface area (TPSA) is 85.2 Å². The molecule has 0 saturated carbocycles. The Morgan fingerprint density at radius 2 is 1.91 bits per heavy atom. The number of fused-ring (bicyclic) bond motifs is 1. The average Bonchev–Trinajstić information content (AvgIpc) is 3.24. The number of aryl methyl sites for hydroxylation is 2. The van der Waals surface area contributed by atoms with Gasteiger partial charge in [-0.3, -0.25) is 9.59 Å². The van der Waals surface area contributed by atoms with E-state index in [4.69, 9.17) is 4.74 Å². The first-order chi connectivity index (χ1) is 16.0. The Bertz CT molecular complexity index is 1290. The van der Waals surface area contributed by atoms with Crippen LogP contribution in [0.15, 0.2) is 59.9 Å². The van der Waals surface area contributed by atoms with Crippen LogP contribution in [0.3, 0.4) is 0 Å². The van der Waals surface area contributed by atoms with Crippen LogP contribution < -0.4 is 15.4 Å². The summed E-state index contributed by atoms with van der Waals surface area (Å²) in [5, 5.41) is 10.9. The van der Waals surface area contributed by atoms with Gasteiger partial charge in [0.1, 0.15) is 23.2 Å². The molecule has 2 N–H and O–H groups in total. The van der Waals surface area contributed by atoms with Crippen LogP contribution in [0.25, 0.3) is 0 Å². The van der Waals surface area contributed by atoms with Gasteiger partial charge in [0.25, 0.3) is 5.91 Å². The highest BCUT2D eigenvalue weighted by Gasteiger charge is 2.37. The first kappa shape index (κ1) is 21.0. The van der Waals surface area contributed by atoms with Gasteiger partial charge in [0.2, 0.25) is 0 Å². The van der Waals surface area contributed by atoms with Gasteiger partial charge in [0.15, 0.2) is 5.78 Å². The van der Waals surface area contributed by atoms with E-state index in [0.717, 1.165) is 46.7 Å². The lowest BCUT2D eigenvalue weighted by molar-refractivity contribution is -0.116. The quantitative estimate of drug-likeness (QED) is 0.607. The van der Waals surface area contributed by atoms with Crippen molar-refractivity contribution in [3.8, 4) is 5.75 Å². The van der Waals surface area contributed by atoms with Crippen LogP contribution in [0, 0.1) is 13.8 Å². The number of Topliss-reactive ketones (excluding diaryl/α,β-unsaturated/α-hetero) is 1. The molecule has 0 radical (unpaired) electrons. The van der Waals surface area contributed by atoms with Crippen LogP contribution in [-0.2, 0) is 4.79 Å². The normalized spacial score (nSPS) is 17.2. The Morgan fingerprint density at radius 3 is 2.64 bits per heavy atom. The minimum atomic E-state index is -0.391. The second kappa shape index (κ2) is 8.24. The molecule has 3 aromatic rings. The molecule has 1 aliphatic heterocycles.